The van der Waals surface area contributed by atoms with E-state index in [0.717, 1.165) is 11.3 Å². The van der Waals surface area contributed by atoms with Crippen LogP contribution in [0.25, 0.3) is 0 Å². The van der Waals surface area contributed by atoms with Gasteiger partial charge in [0.2, 0.25) is 0 Å². The van der Waals surface area contributed by atoms with E-state index in [0.29, 0.717) is 11.0 Å². The number of hydrogen-bond donors (Lipinski definition) is 1. The van der Waals surface area contributed by atoms with Gasteiger partial charge < -0.3 is 10.1 Å². The molecule has 90 valence electrons. The summed E-state index contributed by atoms with van der Waals surface area (Å²) in [6.45, 7) is 0. The van der Waals surface area contributed by atoms with Crippen LogP contribution in [-0.2, 0) is 4.74 Å². The van der Waals surface area contributed by atoms with E-state index in [1.165, 1.54) is 0 Å². The highest BCUT2D eigenvalue weighted by Crippen LogP contribution is 2.23. The third-order valence-electron chi connectivity index (χ3n) is 2.71. The molecule has 1 N–H and O–H groups in total. The molecule has 1 aliphatic heterocycles. The van der Waals surface area contributed by atoms with Crippen LogP contribution >= 0.6 is 11.6 Å². The maximum absolute atomic E-state index is 6.07. The number of nitrogens with one attached hydrogen (secondary N) is 1. The van der Waals surface area contributed by atoms with Gasteiger partial charge in [-0.05, 0) is 12.1 Å². The Hall–Kier alpha value is -2.00. The lowest BCUT2D eigenvalue weighted by Gasteiger charge is -2.20. The Morgan fingerprint density at radius 1 is 1.22 bits per heavy atom. The van der Waals surface area contributed by atoms with Crippen LogP contribution < -0.4 is 5.32 Å². The van der Waals surface area contributed by atoms with Gasteiger partial charge in [-0.2, -0.15) is 0 Å². The summed E-state index contributed by atoms with van der Waals surface area (Å²) in [7, 11) is 0. The van der Waals surface area contributed by atoms with Crippen LogP contribution in [0.1, 0.15) is 0 Å². The van der Waals surface area contributed by atoms with E-state index in [9.17, 15) is 0 Å². The van der Waals surface area contributed by atoms with Gasteiger partial charge in [-0.25, -0.2) is 4.99 Å². The molecule has 1 aromatic carbocycles. The lowest BCUT2D eigenvalue weighted by molar-refractivity contribution is 0.446. The molecule has 0 saturated heterocycles. The first-order valence-electron chi connectivity index (χ1n) is 5.64. The summed E-state index contributed by atoms with van der Waals surface area (Å²) in [5.74, 6) is 0. The van der Waals surface area contributed by atoms with Gasteiger partial charge in [-0.3, -0.25) is 0 Å². The summed E-state index contributed by atoms with van der Waals surface area (Å²) < 4.78 is 5.44. The van der Waals surface area contributed by atoms with Crippen LogP contribution in [0.5, 0.6) is 0 Å². The quantitative estimate of drug-likeness (QED) is 0.836. The van der Waals surface area contributed by atoms with E-state index in [1.54, 1.807) is 6.26 Å². The summed E-state index contributed by atoms with van der Waals surface area (Å²) in [5, 5.41) is 3.71. The lowest BCUT2D eigenvalue weighted by Crippen LogP contribution is -2.23. The third kappa shape index (κ3) is 2.17. The maximum atomic E-state index is 6.07. The molecule has 3 rings (SSSR count). The van der Waals surface area contributed by atoms with E-state index in [4.69, 9.17) is 16.3 Å². The minimum Gasteiger partial charge on any atom is -0.433 e. The zero-order valence-corrected chi connectivity index (χ0v) is 10.3. The van der Waals surface area contributed by atoms with E-state index in [-0.39, 0.29) is 6.04 Å². The predicted octanol–water partition coefficient (Wildman–Crippen LogP) is 3.52. The SMILES string of the molecule is Clc1ccccc1NC1=NC2C=CC=CC2=CO1. The summed E-state index contributed by atoms with van der Waals surface area (Å²) in [6, 6.07) is 7.96. The minimum atomic E-state index is 0.0220. The number of anilines is 1. The summed E-state index contributed by atoms with van der Waals surface area (Å²) in [4.78, 5) is 4.46. The Morgan fingerprint density at radius 2 is 2.11 bits per heavy atom. The molecule has 1 aliphatic carbocycles. The smallest absolute Gasteiger partial charge is 0.295 e. The monoisotopic (exact) mass is 258 g/mol. The summed E-state index contributed by atoms with van der Waals surface area (Å²) >= 11 is 6.07. The molecule has 2 aliphatic rings. The molecule has 0 bridgehead atoms. The first-order chi connectivity index (χ1) is 8.83. The Balaban J connectivity index is 1.80. The number of nitrogens with zero attached hydrogens (tertiary/aromatic N) is 1. The van der Waals surface area contributed by atoms with Crippen molar-refractivity contribution < 1.29 is 4.74 Å². The molecular weight excluding hydrogens is 248 g/mol. The number of hydrogen-bond acceptors (Lipinski definition) is 3. The number of ether oxygens (including phenoxy) is 1. The second-order valence-corrected chi connectivity index (χ2v) is 4.37. The van der Waals surface area contributed by atoms with Crippen molar-refractivity contribution in [3.8, 4) is 0 Å². The van der Waals surface area contributed by atoms with Crippen LogP contribution in [0.4, 0.5) is 5.69 Å². The molecule has 3 nitrogen and oxygen atoms in total. The Kier molecular flexibility index (Phi) is 2.90. The number of benzene rings is 1. The van der Waals surface area contributed by atoms with Crippen molar-refractivity contribution in [3.05, 3.63) is 65.4 Å². The normalized spacial score (nSPS) is 20.6. The predicted molar refractivity (Wildman–Crippen MR) is 73.7 cm³/mol. The molecule has 0 fully saturated rings. The van der Waals surface area contributed by atoms with Crippen LogP contribution in [0.2, 0.25) is 5.02 Å². The first kappa shape index (κ1) is 11.1. The van der Waals surface area contributed by atoms with Gasteiger partial charge in [-0.15, -0.1) is 0 Å². The zero-order valence-electron chi connectivity index (χ0n) is 9.51. The number of halogens is 1. The molecule has 0 aromatic heterocycles. The topological polar surface area (TPSA) is 33.6 Å². The van der Waals surface area contributed by atoms with Crippen LogP contribution in [-0.4, -0.2) is 12.1 Å². The first-order valence-corrected chi connectivity index (χ1v) is 6.02. The molecule has 0 spiro atoms. The van der Waals surface area contributed by atoms with E-state index in [1.807, 2.05) is 48.6 Å². The fraction of sp³-hybridized carbons (Fsp3) is 0.0714. The molecule has 18 heavy (non-hydrogen) atoms. The highest BCUT2D eigenvalue weighted by atomic mass is 35.5. The van der Waals surface area contributed by atoms with Gasteiger partial charge in [0, 0.05) is 5.57 Å². The maximum Gasteiger partial charge on any atom is 0.295 e. The van der Waals surface area contributed by atoms with Gasteiger partial charge in [0.05, 0.1) is 10.7 Å². The minimum absolute atomic E-state index is 0.0220. The van der Waals surface area contributed by atoms with Crippen molar-refractivity contribution >= 4 is 23.3 Å². The molecular formula is C14H11ClN2O. The molecule has 1 atom stereocenters. The van der Waals surface area contributed by atoms with Crippen LogP contribution in [0, 0.1) is 0 Å². The third-order valence-corrected chi connectivity index (χ3v) is 3.04. The molecule has 0 saturated carbocycles. The number of aliphatic imine (C=N–C) groups is 1. The van der Waals surface area contributed by atoms with Crippen molar-refractivity contribution in [1.29, 1.82) is 0 Å². The standard InChI is InChI=1S/C14H11ClN2O/c15-11-6-2-4-8-13(11)17-14-16-12-7-3-1-5-10(12)9-18-14/h1-9,12H,(H,16,17). The Bertz CT molecular complexity index is 587. The average molecular weight is 259 g/mol. The summed E-state index contributed by atoms with van der Waals surface area (Å²) in [5.41, 5.74) is 1.83. The van der Waals surface area contributed by atoms with Crippen LogP contribution in [0.15, 0.2) is 65.4 Å². The molecule has 1 heterocycles. The number of amidine groups is 1. The van der Waals surface area contributed by atoms with E-state index < -0.39 is 0 Å². The number of rotatable bonds is 1. The number of fused-ring (bicyclic) bond motifs is 1. The molecule has 1 aromatic rings. The van der Waals surface area contributed by atoms with Crippen molar-refractivity contribution in [2.75, 3.05) is 5.32 Å². The van der Waals surface area contributed by atoms with E-state index >= 15 is 0 Å². The highest BCUT2D eigenvalue weighted by molar-refractivity contribution is 6.33. The van der Waals surface area contributed by atoms with Gasteiger partial charge in [0.25, 0.3) is 6.02 Å². The Morgan fingerprint density at radius 3 is 3.00 bits per heavy atom. The van der Waals surface area contributed by atoms with Crippen molar-refractivity contribution in [3.63, 3.8) is 0 Å². The highest BCUT2D eigenvalue weighted by Gasteiger charge is 2.17. The van der Waals surface area contributed by atoms with Gasteiger partial charge in [-0.1, -0.05) is 48.0 Å². The van der Waals surface area contributed by atoms with Crippen molar-refractivity contribution in [2.45, 2.75) is 6.04 Å². The fourth-order valence-electron chi connectivity index (χ4n) is 1.79. The Labute approximate surface area is 110 Å². The second kappa shape index (κ2) is 4.70. The molecule has 0 radical (unpaired) electrons. The zero-order chi connectivity index (χ0) is 12.4. The molecule has 4 heteroatoms. The molecule has 1 unspecified atom stereocenters. The van der Waals surface area contributed by atoms with Gasteiger partial charge in [0.15, 0.2) is 0 Å². The fourth-order valence-corrected chi connectivity index (χ4v) is 1.98. The van der Waals surface area contributed by atoms with Gasteiger partial charge in [0.1, 0.15) is 12.3 Å². The van der Waals surface area contributed by atoms with E-state index in [2.05, 4.69) is 10.3 Å². The molecule has 0 amide bonds. The number of para-hydroxylation sites is 1. The largest absolute Gasteiger partial charge is 0.433 e. The average Bonchev–Trinajstić information content (AvgIpc) is 2.41. The second-order valence-electron chi connectivity index (χ2n) is 3.96. The van der Waals surface area contributed by atoms with Gasteiger partial charge >= 0.3 is 0 Å². The summed E-state index contributed by atoms with van der Waals surface area (Å²) in [6.07, 6.45) is 9.65. The van der Waals surface area contributed by atoms with Crippen molar-refractivity contribution in [2.24, 2.45) is 4.99 Å². The number of allylic oxidation sites excluding steroid dienone is 2. The van der Waals surface area contributed by atoms with Crippen LogP contribution in [0.3, 0.4) is 0 Å². The lowest BCUT2D eigenvalue weighted by atomic mass is 10.0. The van der Waals surface area contributed by atoms with Crippen molar-refractivity contribution in [1.82, 2.24) is 0 Å².